The van der Waals surface area contributed by atoms with Crippen molar-refractivity contribution < 1.29 is 0 Å². The SMILES string of the molecule is CCCC[Si](C)(C)C(C)C. The van der Waals surface area contributed by atoms with Gasteiger partial charge in [-0.25, -0.2) is 0 Å². The molecule has 0 saturated heterocycles. The molecular formula is C9H22Si. The molecule has 0 N–H and O–H groups in total. The van der Waals surface area contributed by atoms with E-state index in [1.165, 1.54) is 18.9 Å². The second-order valence-corrected chi connectivity index (χ2v) is 9.88. The quantitative estimate of drug-likeness (QED) is 0.544. The van der Waals surface area contributed by atoms with Gasteiger partial charge in [-0.15, -0.1) is 0 Å². The van der Waals surface area contributed by atoms with Crippen LogP contribution in [0.1, 0.15) is 33.6 Å². The molecule has 0 aliphatic rings. The van der Waals surface area contributed by atoms with Crippen molar-refractivity contribution in [3.05, 3.63) is 0 Å². The van der Waals surface area contributed by atoms with E-state index in [0.29, 0.717) is 0 Å². The third-order valence-corrected chi connectivity index (χ3v) is 7.51. The first-order valence-corrected chi connectivity index (χ1v) is 7.79. The van der Waals surface area contributed by atoms with Gasteiger partial charge in [0.15, 0.2) is 0 Å². The van der Waals surface area contributed by atoms with Gasteiger partial charge in [0.1, 0.15) is 0 Å². The molecule has 0 heterocycles. The minimum atomic E-state index is -0.802. The summed E-state index contributed by atoms with van der Waals surface area (Å²) in [6.07, 6.45) is 2.81. The average molecular weight is 158 g/mol. The lowest BCUT2D eigenvalue weighted by Crippen LogP contribution is -2.28. The van der Waals surface area contributed by atoms with Gasteiger partial charge in [-0.3, -0.25) is 0 Å². The Bertz CT molecular complexity index is 84.7. The molecule has 0 aromatic rings. The van der Waals surface area contributed by atoms with Gasteiger partial charge >= 0.3 is 0 Å². The topological polar surface area (TPSA) is 0 Å². The van der Waals surface area contributed by atoms with Crippen molar-refractivity contribution in [2.24, 2.45) is 0 Å². The second-order valence-electron chi connectivity index (χ2n) is 4.25. The standard InChI is InChI=1S/C9H22Si/c1-6-7-8-10(4,5)9(2)3/h9H,6-8H2,1-5H3. The highest BCUT2D eigenvalue weighted by Gasteiger charge is 2.23. The molecule has 0 rings (SSSR count). The molecule has 0 aliphatic heterocycles. The summed E-state index contributed by atoms with van der Waals surface area (Å²) in [6, 6.07) is 1.52. The van der Waals surface area contributed by atoms with Crippen molar-refractivity contribution in [2.45, 2.75) is 58.3 Å². The fourth-order valence-corrected chi connectivity index (χ4v) is 2.76. The predicted molar refractivity (Wildman–Crippen MR) is 52.3 cm³/mol. The van der Waals surface area contributed by atoms with E-state index in [1.807, 2.05) is 0 Å². The smallest absolute Gasteiger partial charge is 0.0499 e. The Labute approximate surface area is 67.0 Å². The highest BCUT2D eigenvalue weighted by atomic mass is 28.3. The summed E-state index contributed by atoms with van der Waals surface area (Å²) < 4.78 is 0. The molecule has 0 bridgehead atoms. The molecule has 0 saturated carbocycles. The molecule has 0 fully saturated rings. The molecule has 0 radical (unpaired) electrons. The van der Waals surface area contributed by atoms with Crippen LogP contribution in [-0.2, 0) is 0 Å². The Hall–Kier alpha value is 0.217. The first kappa shape index (κ1) is 10.2. The molecule has 1 heteroatoms. The van der Waals surface area contributed by atoms with Crippen LogP contribution in [0.4, 0.5) is 0 Å². The van der Waals surface area contributed by atoms with Crippen molar-refractivity contribution >= 4 is 8.07 Å². The Balaban J connectivity index is 3.63. The van der Waals surface area contributed by atoms with E-state index >= 15 is 0 Å². The maximum atomic E-state index is 2.51. The van der Waals surface area contributed by atoms with Gasteiger partial charge in [0, 0.05) is 8.07 Å². The molecule has 0 amide bonds. The Morgan fingerprint density at radius 3 is 2.00 bits per heavy atom. The Morgan fingerprint density at radius 1 is 1.20 bits per heavy atom. The maximum Gasteiger partial charge on any atom is 0.0499 e. The van der Waals surface area contributed by atoms with Gasteiger partial charge in [-0.2, -0.15) is 0 Å². The minimum Gasteiger partial charge on any atom is -0.0692 e. The van der Waals surface area contributed by atoms with Crippen molar-refractivity contribution in [3.8, 4) is 0 Å². The number of unbranched alkanes of at least 4 members (excludes halogenated alkanes) is 1. The van der Waals surface area contributed by atoms with Gasteiger partial charge in [-0.1, -0.05) is 58.3 Å². The summed E-state index contributed by atoms with van der Waals surface area (Å²) in [5.41, 5.74) is 0.957. The van der Waals surface area contributed by atoms with Crippen molar-refractivity contribution in [3.63, 3.8) is 0 Å². The molecule has 10 heavy (non-hydrogen) atoms. The largest absolute Gasteiger partial charge is 0.0692 e. The van der Waals surface area contributed by atoms with Crippen LogP contribution in [0, 0.1) is 0 Å². The monoisotopic (exact) mass is 158 g/mol. The lowest BCUT2D eigenvalue weighted by molar-refractivity contribution is 0.846. The normalized spacial score (nSPS) is 12.6. The van der Waals surface area contributed by atoms with Crippen LogP contribution >= 0.6 is 0 Å². The summed E-state index contributed by atoms with van der Waals surface area (Å²) in [5, 5.41) is 0. The number of hydrogen-bond acceptors (Lipinski definition) is 0. The third-order valence-electron chi connectivity index (χ3n) is 2.74. The van der Waals surface area contributed by atoms with Crippen LogP contribution in [0.25, 0.3) is 0 Å². The maximum absolute atomic E-state index is 2.51. The van der Waals surface area contributed by atoms with Crippen molar-refractivity contribution in [2.75, 3.05) is 0 Å². The van der Waals surface area contributed by atoms with Crippen LogP contribution in [0.3, 0.4) is 0 Å². The van der Waals surface area contributed by atoms with Crippen LogP contribution in [0.2, 0.25) is 24.7 Å². The zero-order valence-corrected chi connectivity index (χ0v) is 9.20. The fraction of sp³-hybridized carbons (Fsp3) is 1.00. The van der Waals surface area contributed by atoms with E-state index in [4.69, 9.17) is 0 Å². The summed E-state index contributed by atoms with van der Waals surface area (Å²) >= 11 is 0. The van der Waals surface area contributed by atoms with Crippen LogP contribution in [-0.4, -0.2) is 8.07 Å². The van der Waals surface area contributed by atoms with E-state index in [0.717, 1.165) is 5.54 Å². The molecule has 0 nitrogen and oxygen atoms in total. The molecule has 0 unspecified atom stereocenters. The van der Waals surface area contributed by atoms with Gasteiger partial charge in [0.25, 0.3) is 0 Å². The predicted octanol–water partition coefficient (Wildman–Crippen LogP) is 3.90. The lowest BCUT2D eigenvalue weighted by atomic mass is 10.4. The Morgan fingerprint density at radius 2 is 1.70 bits per heavy atom. The van der Waals surface area contributed by atoms with Crippen molar-refractivity contribution in [1.82, 2.24) is 0 Å². The van der Waals surface area contributed by atoms with Crippen LogP contribution in [0.15, 0.2) is 0 Å². The minimum absolute atomic E-state index is 0.802. The van der Waals surface area contributed by atoms with E-state index in [9.17, 15) is 0 Å². The van der Waals surface area contributed by atoms with Crippen molar-refractivity contribution in [1.29, 1.82) is 0 Å². The van der Waals surface area contributed by atoms with Gasteiger partial charge in [-0.05, 0) is 0 Å². The molecule has 0 atom stereocenters. The molecule has 0 aromatic heterocycles. The molecule has 0 spiro atoms. The third kappa shape index (κ3) is 3.40. The van der Waals surface area contributed by atoms with E-state index < -0.39 is 8.07 Å². The zero-order valence-electron chi connectivity index (χ0n) is 8.20. The molecule has 0 aromatic carbocycles. The summed E-state index contributed by atoms with van der Waals surface area (Å²) in [5.74, 6) is 0. The number of hydrogen-bond donors (Lipinski definition) is 0. The van der Waals surface area contributed by atoms with Gasteiger partial charge < -0.3 is 0 Å². The van der Waals surface area contributed by atoms with E-state index in [1.54, 1.807) is 0 Å². The number of rotatable bonds is 4. The summed E-state index contributed by atoms with van der Waals surface area (Å²) in [7, 11) is -0.802. The lowest BCUT2D eigenvalue weighted by Gasteiger charge is -2.26. The van der Waals surface area contributed by atoms with Gasteiger partial charge in [0.2, 0.25) is 0 Å². The Kier molecular flexibility index (Phi) is 4.26. The highest BCUT2D eigenvalue weighted by Crippen LogP contribution is 2.26. The first-order chi connectivity index (χ1) is 4.50. The van der Waals surface area contributed by atoms with E-state index in [2.05, 4.69) is 33.9 Å². The van der Waals surface area contributed by atoms with Gasteiger partial charge in [0.05, 0.1) is 0 Å². The molecular weight excluding hydrogens is 136 g/mol. The van der Waals surface area contributed by atoms with Crippen LogP contribution < -0.4 is 0 Å². The second kappa shape index (κ2) is 4.17. The fourth-order valence-electron chi connectivity index (χ4n) is 0.921. The summed E-state index contributed by atoms with van der Waals surface area (Å²) in [6.45, 7) is 12.1. The highest BCUT2D eigenvalue weighted by molar-refractivity contribution is 6.78. The first-order valence-electron chi connectivity index (χ1n) is 4.50. The summed E-state index contributed by atoms with van der Waals surface area (Å²) in [4.78, 5) is 0. The van der Waals surface area contributed by atoms with E-state index in [-0.39, 0.29) is 0 Å². The van der Waals surface area contributed by atoms with Crippen LogP contribution in [0.5, 0.6) is 0 Å². The average Bonchev–Trinajstić information content (AvgIpc) is 1.84. The molecule has 62 valence electrons. The molecule has 0 aliphatic carbocycles. The zero-order chi connectivity index (χ0) is 8.20.